The van der Waals surface area contributed by atoms with Gasteiger partial charge in [-0.15, -0.1) is 0 Å². The third kappa shape index (κ3) is 7.30. The van der Waals surface area contributed by atoms with E-state index in [9.17, 15) is 24.0 Å². The number of carbonyl (C=O) groups is 5. The predicted molar refractivity (Wildman–Crippen MR) is 185 cm³/mol. The smallest absolute Gasteiger partial charge is 0.332 e. The Hall–Kier alpha value is -4.55. The molecule has 3 aliphatic heterocycles. The van der Waals surface area contributed by atoms with E-state index in [1.54, 1.807) is 46.8 Å². The standard InChI is InChI=1S/C38H48N4O9/c1-7-49-35(47)38-18-24(38)14-12-10-8-9-11-13-23(17-29(44)50-36(3,4)5)34(46)42-21-37(19-26(42)33(45)41-38)20-27(43)30-31-25(15-16-28(40-31)48-6)39-22(2)32(30)51-37/h12,14-16,23-24,26H,7-11,13,17-21H2,1-6H3,(H,41,45)/b14-12-/t23-,24-,26+,37+,38-/m1/s1. The predicted octanol–water partition coefficient (Wildman–Crippen LogP) is 4.56. The lowest BCUT2D eigenvalue weighted by Crippen LogP contribution is -2.54. The molecule has 1 saturated carbocycles. The fourth-order valence-corrected chi connectivity index (χ4v) is 7.71. The third-order valence-corrected chi connectivity index (χ3v) is 10.2. The van der Waals surface area contributed by atoms with Crippen LogP contribution in [0.3, 0.4) is 0 Å². The third-order valence-electron chi connectivity index (χ3n) is 10.2. The van der Waals surface area contributed by atoms with Gasteiger partial charge in [-0.3, -0.25) is 19.2 Å². The number of esters is 2. The van der Waals surface area contributed by atoms with Crippen molar-refractivity contribution >= 4 is 40.6 Å². The van der Waals surface area contributed by atoms with Gasteiger partial charge in [0.25, 0.3) is 0 Å². The molecule has 274 valence electrons. The number of ketones is 1. The van der Waals surface area contributed by atoms with Crippen LogP contribution >= 0.6 is 0 Å². The number of allylic oxidation sites excluding steroid dienone is 1. The fraction of sp³-hybridized carbons (Fsp3) is 0.605. The van der Waals surface area contributed by atoms with Crippen molar-refractivity contribution in [3.8, 4) is 11.6 Å². The number of aryl methyl sites for hydroxylation is 1. The van der Waals surface area contributed by atoms with Gasteiger partial charge in [0.05, 0.1) is 49.9 Å². The topological polar surface area (TPSA) is 163 Å². The Kier molecular flexibility index (Phi) is 9.86. The molecule has 0 aromatic carbocycles. The molecule has 1 aliphatic carbocycles. The molecule has 1 spiro atoms. The summed E-state index contributed by atoms with van der Waals surface area (Å²) in [6.45, 7) is 8.82. The first-order valence-electron chi connectivity index (χ1n) is 17.9. The number of ether oxygens (including phenoxy) is 4. The second-order valence-corrected chi connectivity index (χ2v) is 15.2. The molecule has 2 fully saturated rings. The lowest BCUT2D eigenvalue weighted by molar-refractivity contribution is -0.159. The van der Waals surface area contributed by atoms with Crippen LogP contribution in [0.15, 0.2) is 24.3 Å². The summed E-state index contributed by atoms with van der Waals surface area (Å²) in [7, 11) is 1.49. The van der Waals surface area contributed by atoms with Crippen molar-refractivity contribution in [3.05, 3.63) is 35.5 Å². The van der Waals surface area contributed by atoms with Crippen molar-refractivity contribution in [2.75, 3.05) is 20.3 Å². The highest BCUT2D eigenvalue weighted by Gasteiger charge is 2.63. The number of carbonyl (C=O) groups excluding carboxylic acids is 5. The molecule has 6 rings (SSSR count). The number of pyridine rings is 2. The number of amides is 2. The number of rotatable bonds is 5. The van der Waals surface area contributed by atoms with Crippen LogP contribution in [0.5, 0.6) is 11.6 Å². The maximum Gasteiger partial charge on any atom is 0.332 e. The van der Waals surface area contributed by atoms with E-state index in [1.807, 2.05) is 12.2 Å². The molecular formula is C38H48N4O9. The van der Waals surface area contributed by atoms with Crippen LogP contribution in [-0.4, -0.2) is 87.4 Å². The van der Waals surface area contributed by atoms with E-state index in [4.69, 9.17) is 18.9 Å². The van der Waals surface area contributed by atoms with Crippen molar-refractivity contribution in [1.29, 1.82) is 0 Å². The van der Waals surface area contributed by atoms with Gasteiger partial charge in [0, 0.05) is 24.3 Å². The number of hydrogen-bond acceptors (Lipinski definition) is 11. The second kappa shape index (κ2) is 13.9. The Bertz CT molecular complexity index is 1780. The molecule has 4 aliphatic rings. The minimum absolute atomic E-state index is 0.0165. The second-order valence-electron chi connectivity index (χ2n) is 15.2. The van der Waals surface area contributed by atoms with Crippen LogP contribution in [-0.2, 0) is 28.7 Å². The first-order chi connectivity index (χ1) is 24.2. The summed E-state index contributed by atoms with van der Waals surface area (Å²) in [5.74, 6) is -2.70. The molecule has 5 atom stereocenters. The fourth-order valence-electron chi connectivity index (χ4n) is 7.71. The zero-order valence-corrected chi connectivity index (χ0v) is 30.3. The van der Waals surface area contributed by atoms with Gasteiger partial charge in [-0.05, 0) is 66.4 Å². The molecule has 1 saturated heterocycles. The largest absolute Gasteiger partial charge is 0.482 e. The highest BCUT2D eigenvalue weighted by Crippen LogP contribution is 2.48. The highest BCUT2D eigenvalue weighted by atomic mass is 16.6. The van der Waals surface area contributed by atoms with Crippen molar-refractivity contribution in [2.45, 2.75) is 115 Å². The quantitative estimate of drug-likeness (QED) is 0.343. The first kappa shape index (κ1) is 36.2. The van der Waals surface area contributed by atoms with Gasteiger partial charge in [-0.1, -0.05) is 25.0 Å². The van der Waals surface area contributed by atoms with Crippen LogP contribution in [0.25, 0.3) is 11.0 Å². The summed E-state index contributed by atoms with van der Waals surface area (Å²) in [6, 6.07) is 2.30. The van der Waals surface area contributed by atoms with E-state index in [1.165, 1.54) is 12.0 Å². The molecule has 0 radical (unpaired) electrons. The molecule has 5 heterocycles. The van der Waals surface area contributed by atoms with Gasteiger partial charge in [-0.2, -0.15) is 0 Å². The van der Waals surface area contributed by atoms with E-state index in [0.717, 1.165) is 19.3 Å². The summed E-state index contributed by atoms with van der Waals surface area (Å²) in [4.78, 5) is 80.2. The summed E-state index contributed by atoms with van der Waals surface area (Å²) in [6.07, 6.45) is 7.64. The molecule has 13 heteroatoms. The number of nitrogens with zero attached hydrogens (tertiary/aromatic N) is 3. The van der Waals surface area contributed by atoms with Crippen molar-refractivity contribution in [3.63, 3.8) is 0 Å². The Morgan fingerprint density at radius 1 is 1.10 bits per heavy atom. The van der Waals surface area contributed by atoms with E-state index in [2.05, 4.69) is 15.3 Å². The van der Waals surface area contributed by atoms with Crippen LogP contribution in [0, 0.1) is 18.8 Å². The monoisotopic (exact) mass is 704 g/mol. The van der Waals surface area contributed by atoms with Crippen LogP contribution in [0.2, 0.25) is 0 Å². The molecule has 2 amide bonds. The van der Waals surface area contributed by atoms with Crippen LogP contribution < -0.4 is 14.8 Å². The number of nitrogens with one attached hydrogen (secondary N) is 1. The van der Waals surface area contributed by atoms with E-state index >= 15 is 0 Å². The first-order valence-corrected chi connectivity index (χ1v) is 17.9. The number of fused-ring (bicyclic) bond motifs is 5. The molecule has 13 nitrogen and oxygen atoms in total. The highest BCUT2D eigenvalue weighted by molar-refractivity contribution is 6.10. The average Bonchev–Trinajstić information content (AvgIpc) is 3.64. The molecule has 0 unspecified atom stereocenters. The molecule has 51 heavy (non-hydrogen) atoms. The molecule has 2 aromatic rings. The lowest BCUT2D eigenvalue weighted by Gasteiger charge is -2.35. The normalized spacial score (nSPS) is 28.7. The van der Waals surface area contributed by atoms with Gasteiger partial charge in [0.2, 0.25) is 17.7 Å². The zero-order valence-electron chi connectivity index (χ0n) is 30.3. The number of aromatic nitrogens is 2. The Morgan fingerprint density at radius 3 is 2.61 bits per heavy atom. The van der Waals surface area contributed by atoms with Gasteiger partial charge >= 0.3 is 11.9 Å². The summed E-state index contributed by atoms with van der Waals surface area (Å²) >= 11 is 0. The minimum Gasteiger partial charge on any atom is -0.482 e. The molecule has 2 aromatic heterocycles. The number of hydrogen-bond donors (Lipinski definition) is 1. The van der Waals surface area contributed by atoms with E-state index in [-0.39, 0.29) is 55.4 Å². The lowest BCUT2D eigenvalue weighted by atomic mass is 9.87. The molecule has 1 N–H and O–H groups in total. The Balaban J connectivity index is 1.39. The van der Waals surface area contributed by atoms with Crippen molar-refractivity contribution < 1.29 is 42.9 Å². The maximum atomic E-state index is 14.6. The van der Waals surface area contributed by atoms with Crippen molar-refractivity contribution in [1.82, 2.24) is 20.2 Å². The summed E-state index contributed by atoms with van der Waals surface area (Å²) < 4.78 is 23.0. The van der Waals surface area contributed by atoms with Gasteiger partial charge in [0.15, 0.2) is 11.5 Å². The van der Waals surface area contributed by atoms with Crippen molar-refractivity contribution in [2.24, 2.45) is 11.8 Å². The molecular weight excluding hydrogens is 656 g/mol. The van der Waals surface area contributed by atoms with Gasteiger partial charge < -0.3 is 29.2 Å². The summed E-state index contributed by atoms with van der Waals surface area (Å²) in [5, 5.41) is 2.97. The van der Waals surface area contributed by atoms with Crippen LogP contribution in [0.4, 0.5) is 0 Å². The van der Waals surface area contributed by atoms with Gasteiger partial charge in [0.1, 0.15) is 28.3 Å². The average molecular weight is 705 g/mol. The zero-order chi connectivity index (χ0) is 36.7. The summed E-state index contributed by atoms with van der Waals surface area (Å²) in [5.41, 5.74) is -1.68. The van der Waals surface area contributed by atoms with E-state index < -0.39 is 52.5 Å². The Labute approximate surface area is 297 Å². The van der Waals surface area contributed by atoms with E-state index in [0.29, 0.717) is 41.9 Å². The minimum atomic E-state index is -1.28. The Morgan fingerprint density at radius 2 is 1.88 bits per heavy atom. The maximum absolute atomic E-state index is 14.6. The number of methoxy groups -OCH3 is 1. The number of Topliss-reactive ketones (excluding diaryl/α,β-unsaturated/α-hetero) is 1. The SMILES string of the molecule is CCOC(=O)[C@@]12C[C@H]1/C=C\CCCCC[C@H](CC(=O)OC(C)(C)C)C(=O)N1C[C@@]3(CC(=O)c4c(c(C)nc5ccc(OC)nc45)O3)C[C@H]1C(=O)N2. The van der Waals surface area contributed by atoms with Gasteiger partial charge in [-0.25, -0.2) is 14.8 Å². The van der Waals surface area contributed by atoms with Crippen LogP contribution in [0.1, 0.15) is 102 Å². The molecule has 0 bridgehead atoms.